The van der Waals surface area contributed by atoms with Crippen LogP contribution < -0.4 is 10.7 Å². The van der Waals surface area contributed by atoms with Gasteiger partial charge in [0.25, 0.3) is 0 Å². The van der Waals surface area contributed by atoms with Crippen molar-refractivity contribution in [2.45, 2.75) is 26.3 Å². The minimum Gasteiger partial charge on any atom is -0.343 e. The molecule has 0 aliphatic carbocycles. The summed E-state index contributed by atoms with van der Waals surface area (Å²) in [4.78, 5) is 23.6. The molecule has 0 spiro atoms. The van der Waals surface area contributed by atoms with Gasteiger partial charge in [-0.3, -0.25) is 9.59 Å². The second kappa shape index (κ2) is 5.58. The van der Waals surface area contributed by atoms with E-state index in [9.17, 15) is 9.59 Å². The van der Waals surface area contributed by atoms with E-state index in [-0.39, 0.29) is 0 Å². The first-order chi connectivity index (χ1) is 7.88. The van der Waals surface area contributed by atoms with Crippen molar-refractivity contribution in [2.75, 3.05) is 0 Å². The van der Waals surface area contributed by atoms with Gasteiger partial charge in [0.05, 0.1) is 6.21 Å². The van der Waals surface area contributed by atoms with Gasteiger partial charge in [0.1, 0.15) is 0 Å². The predicted molar refractivity (Wildman–Crippen MR) is 68.0 cm³/mol. The zero-order valence-corrected chi connectivity index (χ0v) is 10.8. The summed E-state index contributed by atoms with van der Waals surface area (Å²) in [5.41, 5.74) is 1.73. The summed E-state index contributed by atoms with van der Waals surface area (Å²) in [6.07, 6.45) is 1.49. The van der Waals surface area contributed by atoms with Crippen molar-refractivity contribution in [2.24, 2.45) is 5.10 Å². The van der Waals surface area contributed by atoms with E-state index in [1.807, 2.05) is 17.5 Å². The van der Waals surface area contributed by atoms with E-state index >= 15 is 0 Å². The van der Waals surface area contributed by atoms with E-state index in [2.05, 4.69) is 15.8 Å². The molecular weight excluding hydrogens is 238 g/mol. The standard InChI is InChI=1S/C11H15N3O2S/c1-11(2,3)13-9(15)10(16)14-12-7-8-5-4-6-17-8/h4-7H,1-3H3,(H,13,15)(H,14,16). The van der Waals surface area contributed by atoms with E-state index in [0.717, 1.165) is 4.88 Å². The summed E-state index contributed by atoms with van der Waals surface area (Å²) in [7, 11) is 0. The number of thiophene rings is 1. The van der Waals surface area contributed by atoms with Gasteiger partial charge in [0.2, 0.25) is 0 Å². The van der Waals surface area contributed by atoms with Gasteiger partial charge in [-0.25, -0.2) is 5.43 Å². The van der Waals surface area contributed by atoms with E-state index in [4.69, 9.17) is 0 Å². The summed E-state index contributed by atoms with van der Waals surface area (Å²) in [5, 5.41) is 8.13. The Morgan fingerprint density at radius 2 is 2.06 bits per heavy atom. The Kier molecular flexibility index (Phi) is 4.39. The Morgan fingerprint density at radius 3 is 2.59 bits per heavy atom. The Hall–Kier alpha value is -1.69. The minimum atomic E-state index is -0.771. The molecule has 0 saturated heterocycles. The molecule has 0 aliphatic rings. The molecule has 0 bridgehead atoms. The van der Waals surface area contributed by atoms with Gasteiger partial charge in [0, 0.05) is 10.4 Å². The molecule has 2 N–H and O–H groups in total. The van der Waals surface area contributed by atoms with Gasteiger partial charge in [-0.1, -0.05) is 6.07 Å². The fourth-order valence-electron chi connectivity index (χ4n) is 0.967. The summed E-state index contributed by atoms with van der Waals surface area (Å²) in [5.74, 6) is -1.46. The second-order valence-electron chi connectivity index (χ2n) is 4.42. The monoisotopic (exact) mass is 253 g/mol. The lowest BCUT2D eigenvalue weighted by atomic mass is 10.1. The molecule has 92 valence electrons. The first-order valence-corrected chi connectivity index (χ1v) is 5.95. The number of carbonyl (C=O) groups is 2. The Balaban J connectivity index is 2.42. The van der Waals surface area contributed by atoms with Gasteiger partial charge in [0.15, 0.2) is 0 Å². The van der Waals surface area contributed by atoms with Gasteiger partial charge < -0.3 is 5.32 Å². The third kappa shape index (κ3) is 5.26. The third-order valence-corrected chi connectivity index (χ3v) is 2.40. The lowest BCUT2D eigenvalue weighted by molar-refractivity contribution is -0.140. The highest BCUT2D eigenvalue weighted by Gasteiger charge is 2.19. The molecule has 0 saturated carbocycles. The molecule has 5 nitrogen and oxygen atoms in total. The van der Waals surface area contributed by atoms with E-state index in [1.165, 1.54) is 17.6 Å². The third-order valence-electron chi connectivity index (χ3n) is 1.60. The van der Waals surface area contributed by atoms with Crippen LogP contribution in [0.1, 0.15) is 25.6 Å². The Labute approximate surface area is 104 Å². The van der Waals surface area contributed by atoms with Crippen molar-refractivity contribution in [3.8, 4) is 0 Å². The molecular formula is C11H15N3O2S. The number of hydrogen-bond acceptors (Lipinski definition) is 4. The number of hydrazone groups is 1. The minimum absolute atomic E-state index is 0.439. The summed E-state index contributed by atoms with van der Waals surface area (Å²) in [6, 6.07) is 3.73. The Bertz CT molecular complexity index is 418. The molecule has 0 fully saturated rings. The van der Waals surface area contributed by atoms with Crippen LogP contribution >= 0.6 is 11.3 Å². The highest BCUT2D eigenvalue weighted by molar-refractivity contribution is 7.11. The lowest BCUT2D eigenvalue weighted by Crippen LogP contribution is -2.47. The molecule has 1 heterocycles. The van der Waals surface area contributed by atoms with Crippen LogP contribution in [0.15, 0.2) is 22.6 Å². The highest BCUT2D eigenvalue weighted by atomic mass is 32.1. The quantitative estimate of drug-likeness (QED) is 0.471. The van der Waals surface area contributed by atoms with Crippen molar-refractivity contribution in [3.63, 3.8) is 0 Å². The normalized spacial score (nSPS) is 11.5. The second-order valence-corrected chi connectivity index (χ2v) is 5.40. The van der Waals surface area contributed by atoms with Crippen LogP contribution in [0.3, 0.4) is 0 Å². The van der Waals surface area contributed by atoms with Gasteiger partial charge in [-0.15, -0.1) is 11.3 Å². The number of rotatable bonds is 2. The maximum absolute atomic E-state index is 11.4. The van der Waals surface area contributed by atoms with Crippen LogP contribution in [0.25, 0.3) is 0 Å². The number of carbonyl (C=O) groups excluding carboxylic acids is 2. The van der Waals surface area contributed by atoms with Crippen LogP contribution in [-0.2, 0) is 9.59 Å². The molecule has 1 aromatic heterocycles. The molecule has 0 atom stereocenters. The Morgan fingerprint density at radius 1 is 1.35 bits per heavy atom. The molecule has 0 unspecified atom stereocenters. The van der Waals surface area contributed by atoms with Crippen LogP contribution in [0, 0.1) is 0 Å². The largest absolute Gasteiger partial charge is 0.343 e. The van der Waals surface area contributed by atoms with Gasteiger partial charge >= 0.3 is 11.8 Å². The van der Waals surface area contributed by atoms with Crippen molar-refractivity contribution < 1.29 is 9.59 Å². The number of hydrogen-bond donors (Lipinski definition) is 2. The molecule has 2 amide bonds. The number of nitrogens with one attached hydrogen (secondary N) is 2. The zero-order chi connectivity index (χ0) is 12.9. The number of nitrogens with zero attached hydrogens (tertiary/aromatic N) is 1. The molecule has 6 heteroatoms. The highest BCUT2D eigenvalue weighted by Crippen LogP contribution is 2.04. The average molecular weight is 253 g/mol. The first-order valence-electron chi connectivity index (χ1n) is 5.07. The first kappa shape index (κ1) is 13.4. The van der Waals surface area contributed by atoms with Crippen LogP contribution in [0.4, 0.5) is 0 Å². The number of amides is 2. The van der Waals surface area contributed by atoms with Crippen LogP contribution in [0.5, 0.6) is 0 Å². The van der Waals surface area contributed by atoms with Gasteiger partial charge in [-0.05, 0) is 32.2 Å². The van der Waals surface area contributed by atoms with Crippen LogP contribution in [0.2, 0.25) is 0 Å². The van der Waals surface area contributed by atoms with Gasteiger partial charge in [-0.2, -0.15) is 5.10 Å². The summed E-state index contributed by atoms with van der Waals surface area (Å²) < 4.78 is 0. The summed E-state index contributed by atoms with van der Waals surface area (Å²) in [6.45, 7) is 5.40. The fraction of sp³-hybridized carbons (Fsp3) is 0.364. The topological polar surface area (TPSA) is 70.6 Å². The molecule has 1 aromatic rings. The summed E-state index contributed by atoms with van der Waals surface area (Å²) >= 11 is 1.49. The molecule has 17 heavy (non-hydrogen) atoms. The van der Waals surface area contributed by atoms with E-state index in [1.54, 1.807) is 20.8 Å². The van der Waals surface area contributed by atoms with Crippen molar-refractivity contribution >= 4 is 29.4 Å². The maximum atomic E-state index is 11.4. The smallest absolute Gasteiger partial charge is 0.329 e. The molecule has 0 aromatic carbocycles. The van der Waals surface area contributed by atoms with E-state index in [0.29, 0.717) is 0 Å². The predicted octanol–water partition coefficient (Wildman–Crippen LogP) is 1.11. The van der Waals surface area contributed by atoms with Crippen molar-refractivity contribution in [3.05, 3.63) is 22.4 Å². The SMILES string of the molecule is CC(C)(C)NC(=O)C(=O)NN=Cc1cccs1. The average Bonchev–Trinajstić information content (AvgIpc) is 2.67. The zero-order valence-electron chi connectivity index (χ0n) is 9.98. The molecule has 0 aliphatic heterocycles. The molecule has 0 radical (unpaired) electrons. The lowest BCUT2D eigenvalue weighted by Gasteiger charge is -2.19. The maximum Gasteiger partial charge on any atom is 0.329 e. The van der Waals surface area contributed by atoms with Crippen LogP contribution in [-0.4, -0.2) is 23.6 Å². The van der Waals surface area contributed by atoms with Crippen molar-refractivity contribution in [1.82, 2.24) is 10.7 Å². The molecule has 1 rings (SSSR count). The fourth-order valence-corrected chi connectivity index (χ4v) is 1.55. The van der Waals surface area contributed by atoms with E-state index < -0.39 is 17.4 Å². The van der Waals surface area contributed by atoms with Crippen molar-refractivity contribution in [1.29, 1.82) is 0 Å².